The van der Waals surface area contributed by atoms with E-state index >= 15 is 0 Å². The van der Waals surface area contributed by atoms with E-state index in [1.165, 1.54) is 0 Å². The monoisotopic (exact) mass is 422 g/mol. The van der Waals surface area contributed by atoms with Crippen molar-refractivity contribution in [1.29, 1.82) is 0 Å². The van der Waals surface area contributed by atoms with Crippen molar-refractivity contribution in [1.82, 2.24) is 14.8 Å². The average molecular weight is 422 g/mol. The Morgan fingerprint density at radius 2 is 1.93 bits per heavy atom. The second-order valence-corrected chi connectivity index (χ2v) is 8.75. The molecule has 0 amide bonds. The van der Waals surface area contributed by atoms with Crippen LogP contribution in [0.5, 0.6) is 0 Å². The molecule has 1 aliphatic heterocycles. The summed E-state index contributed by atoms with van der Waals surface area (Å²) >= 11 is 0.872. The smallest absolute Gasteiger partial charge is 0.306 e. The SMILES string of the molecule is O=[N+]([O-])c1cc(S(=O)(=O)C(F)(F)F)ccc1Sc1nnc2n1CCCCC2. The molecule has 1 aromatic heterocycles. The summed E-state index contributed by atoms with van der Waals surface area (Å²) in [6.45, 7) is 0.638. The van der Waals surface area contributed by atoms with Gasteiger partial charge in [-0.2, -0.15) is 13.2 Å². The number of hydrogen-bond donors (Lipinski definition) is 0. The number of benzene rings is 1. The predicted molar refractivity (Wildman–Crippen MR) is 88.0 cm³/mol. The van der Waals surface area contributed by atoms with Crippen molar-refractivity contribution in [3.63, 3.8) is 0 Å². The molecule has 8 nitrogen and oxygen atoms in total. The largest absolute Gasteiger partial charge is 0.501 e. The van der Waals surface area contributed by atoms with Crippen LogP contribution in [-0.4, -0.2) is 33.6 Å². The van der Waals surface area contributed by atoms with Gasteiger partial charge in [0.15, 0.2) is 5.16 Å². The summed E-state index contributed by atoms with van der Waals surface area (Å²) in [7, 11) is -5.68. The van der Waals surface area contributed by atoms with E-state index in [0.717, 1.165) is 49.3 Å². The third-order valence-corrected chi connectivity index (χ3v) is 6.55. The lowest BCUT2D eigenvalue weighted by Gasteiger charge is -2.10. The molecule has 0 fully saturated rings. The van der Waals surface area contributed by atoms with Crippen LogP contribution < -0.4 is 0 Å². The van der Waals surface area contributed by atoms with Crippen molar-refractivity contribution >= 4 is 27.3 Å². The summed E-state index contributed by atoms with van der Waals surface area (Å²) in [5, 5.41) is 19.7. The van der Waals surface area contributed by atoms with Crippen LogP contribution in [0.15, 0.2) is 33.1 Å². The van der Waals surface area contributed by atoms with Crippen molar-refractivity contribution < 1.29 is 26.5 Å². The van der Waals surface area contributed by atoms with E-state index in [0.29, 0.717) is 23.8 Å². The van der Waals surface area contributed by atoms with Gasteiger partial charge in [-0.1, -0.05) is 6.42 Å². The molecule has 0 saturated carbocycles. The topological polar surface area (TPSA) is 108 Å². The van der Waals surface area contributed by atoms with Crippen LogP contribution in [0.1, 0.15) is 25.1 Å². The van der Waals surface area contributed by atoms with Gasteiger partial charge >= 0.3 is 5.51 Å². The van der Waals surface area contributed by atoms with Gasteiger partial charge in [-0.15, -0.1) is 10.2 Å². The van der Waals surface area contributed by atoms with Gasteiger partial charge < -0.3 is 4.57 Å². The van der Waals surface area contributed by atoms with E-state index in [1.807, 2.05) is 4.57 Å². The van der Waals surface area contributed by atoms with Gasteiger partial charge in [-0.25, -0.2) is 8.42 Å². The maximum Gasteiger partial charge on any atom is 0.501 e. The van der Waals surface area contributed by atoms with Crippen LogP contribution in [0.2, 0.25) is 0 Å². The highest BCUT2D eigenvalue weighted by Crippen LogP contribution is 2.38. The van der Waals surface area contributed by atoms with Crippen LogP contribution in [0.25, 0.3) is 0 Å². The zero-order valence-corrected chi connectivity index (χ0v) is 15.3. The molecule has 3 rings (SSSR count). The molecule has 0 radical (unpaired) electrons. The van der Waals surface area contributed by atoms with Crippen LogP contribution in [0.3, 0.4) is 0 Å². The first-order valence-corrected chi connectivity index (χ1v) is 10.1. The molecule has 0 unspecified atom stereocenters. The molecule has 2 heterocycles. The molecule has 1 aliphatic rings. The van der Waals surface area contributed by atoms with Crippen molar-refractivity contribution in [2.24, 2.45) is 0 Å². The second kappa shape index (κ2) is 7.11. The number of aromatic nitrogens is 3. The predicted octanol–water partition coefficient (Wildman–Crippen LogP) is 3.36. The van der Waals surface area contributed by atoms with Gasteiger partial charge in [0.05, 0.1) is 14.7 Å². The van der Waals surface area contributed by atoms with E-state index in [9.17, 15) is 31.7 Å². The molecule has 13 heteroatoms. The van der Waals surface area contributed by atoms with Crippen LogP contribution in [-0.2, 0) is 22.8 Å². The fourth-order valence-corrected chi connectivity index (χ4v) is 4.40. The highest BCUT2D eigenvalue weighted by atomic mass is 32.2. The van der Waals surface area contributed by atoms with Gasteiger partial charge in [0.1, 0.15) is 5.82 Å². The van der Waals surface area contributed by atoms with Gasteiger partial charge in [-0.3, -0.25) is 10.1 Å². The summed E-state index contributed by atoms with van der Waals surface area (Å²) in [6, 6.07) is 2.11. The maximum absolute atomic E-state index is 12.7. The lowest BCUT2D eigenvalue weighted by Crippen LogP contribution is -2.23. The Hall–Kier alpha value is -2.15. The standard InChI is InChI=1S/C14H13F3N4O4S2/c15-14(16,17)27(24,25)9-5-6-11(10(8-9)21(22)23)26-13-19-18-12-4-2-1-3-7-20(12)13/h5-6,8H,1-4,7H2. The third-order valence-electron chi connectivity index (χ3n) is 4.02. The number of fused-ring (bicyclic) bond motifs is 1. The molecule has 0 atom stereocenters. The van der Waals surface area contributed by atoms with Crippen LogP contribution >= 0.6 is 11.8 Å². The molecule has 0 bridgehead atoms. The lowest BCUT2D eigenvalue weighted by atomic mass is 10.2. The molecular weight excluding hydrogens is 409 g/mol. The fourth-order valence-electron chi connectivity index (χ4n) is 2.66. The van der Waals surface area contributed by atoms with Crippen molar-refractivity contribution in [3.8, 4) is 0 Å². The van der Waals surface area contributed by atoms with Crippen LogP contribution in [0, 0.1) is 10.1 Å². The molecule has 0 N–H and O–H groups in total. The summed E-state index contributed by atoms with van der Waals surface area (Å²) in [5.41, 5.74) is -6.28. The lowest BCUT2D eigenvalue weighted by molar-refractivity contribution is -0.388. The molecule has 1 aromatic carbocycles. The van der Waals surface area contributed by atoms with Crippen molar-refractivity contribution in [2.75, 3.05) is 0 Å². The number of nitro benzene ring substituents is 1. The Balaban J connectivity index is 2.00. The molecule has 2 aromatic rings. The molecule has 0 spiro atoms. The number of aryl methyl sites for hydroxylation is 1. The van der Waals surface area contributed by atoms with E-state index in [1.54, 1.807) is 0 Å². The third kappa shape index (κ3) is 3.78. The summed E-state index contributed by atoms with van der Waals surface area (Å²) in [6.07, 6.45) is 3.58. The molecule has 0 saturated heterocycles. The number of sulfone groups is 1. The normalized spacial score (nSPS) is 15.2. The average Bonchev–Trinajstić information content (AvgIpc) is 2.81. The van der Waals surface area contributed by atoms with Gasteiger partial charge in [0, 0.05) is 19.0 Å². The Labute approximate surface area is 155 Å². The molecule has 146 valence electrons. The zero-order chi connectivity index (χ0) is 19.8. The Morgan fingerprint density at radius 3 is 2.59 bits per heavy atom. The second-order valence-electron chi connectivity index (χ2n) is 5.80. The zero-order valence-electron chi connectivity index (χ0n) is 13.6. The number of nitrogens with zero attached hydrogens (tertiary/aromatic N) is 4. The Kier molecular flexibility index (Phi) is 5.16. The van der Waals surface area contributed by atoms with E-state index in [-0.39, 0.29) is 4.90 Å². The summed E-state index contributed by atoms with van der Waals surface area (Å²) in [5.74, 6) is 0.744. The van der Waals surface area contributed by atoms with Gasteiger partial charge in [0.25, 0.3) is 15.5 Å². The van der Waals surface area contributed by atoms with Crippen LogP contribution in [0.4, 0.5) is 18.9 Å². The van der Waals surface area contributed by atoms with Crippen molar-refractivity contribution in [3.05, 3.63) is 34.1 Å². The van der Waals surface area contributed by atoms with E-state index in [2.05, 4.69) is 10.2 Å². The number of halogens is 3. The van der Waals surface area contributed by atoms with Gasteiger partial charge in [-0.05, 0) is 36.7 Å². The van der Waals surface area contributed by atoms with E-state index < -0.39 is 30.9 Å². The van der Waals surface area contributed by atoms with Crippen molar-refractivity contribution in [2.45, 2.75) is 52.7 Å². The minimum absolute atomic E-state index is 0.0134. The Bertz CT molecular complexity index is 989. The molecular formula is C14H13F3N4O4S2. The number of alkyl halides is 3. The highest BCUT2D eigenvalue weighted by molar-refractivity contribution is 7.99. The molecule has 0 aliphatic carbocycles. The number of rotatable bonds is 4. The summed E-state index contributed by atoms with van der Waals surface area (Å²) in [4.78, 5) is 9.19. The quantitative estimate of drug-likeness (QED) is 0.549. The minimum atomic E-state index is -5.68. The number of hydrogen-bond acceptors (Lipinski definition) is 7. The minimum Gasteiger partial charge on any atom is -0.306 e. The maximum atomic E-state index is 12.7. The molecule has 27 heavy (non-hydrogen) atoms. The number of nitro groups is 1. The first-order chi connectivity index (χ1) is 12.6. The summed E-state index contributed by atoms with van der Waals surface area (Å²) < 4.78 is 62.9. The van der Waals surface area contributed by atoms with E-state index in [4.69, 9.17) is 0 Å². The first kappa shape index (κ1) is 19.6. The van der Waals surface area contributed by atoms with Gasteiger partial charge in [0.2, 0.25) is 0 Å². The first-order valence-electron chi connectivity index (χ1n) is 7.81. The highest BCUT2D eigenvalue weighted by Gasteiger charge is 2.47. The fraction of sp³-hybridized carbons (Fsp3) is 0.429. The Morgan fingerprint density at radius 1 is 1.19 bits per heavy atom.